The summed E-state index contributed by atoms with van der Waals surface area (Å²) < 4.78 is 32.8. The van der Waals surface area contributed by atoms with Crippen LogP contribution in [0.1, 0.15) is 20.8 Å². The van der Waals surface area contributed by atoms with Gasteiger partial charge in [0.15, 0.2) is 0 Å². The van der Waals surface area contributed by atoms with Gasteiger partial charge in [-0.2, -0.15) is 0 Å². The summed E-state index contributed by atoms with van der Waals surface area (Å²) in [5.41, 5.74) is -1.31. The standard InChI is InChI=1S/C8H15ClO4S/c1-7(2)4-12-5-8(3,13-7)6-14(9,10)11/h4-6H2,1-3H3. The predicted molar refractivity (Wildman–Crippen MR) is 54.0 cm³/mol. The summed E-state index contributed by atoms with van der Waals surface area (Å²) in [6.45, 7) is 6.11. The number of hydrogen-bond donors (Lipinski definition) is 0. The summed E-state index contributed by atoms with van der Waals surface area (Å²) in [7, 11) is 1.62. The predicted octanol–water partition coefficient (Wildman–Crippen LogP) is 1.14. The monoisotopic (exact) mass is 242 g/mol. The zero-order valence-electron chi connectivity index (χ0n) is 8.54. The van der Waals surface area contributed by atoms with E-state index in [1.54, 1.807) is 6.92 Å². The molecular weight excluding hydrogens is 228 g/mol. The average Bonchev–Trinajstić information content (AvgIpc) is 1.75. The molecule has 0 N–H and O–H groups in total. The smallest absolute Gasteiger partial charge is 0.235 e. The van der Waals surface area contributed by atoms with E-state index in [1.807, 2.05) is 13.8 Å². The second-order valence-corrected chi connectivity index (χ2v) is 7.26. The molecule has 1 saturated heterocycles. The highest BCUT2D eigenvalue weighted by molar-refractivity contribution is 8.13. The molecule has 0 spiro atoms. The maximum Gasteiger partial charge on any atom is 0.235 e. The molecule has 1 fully saturated rings. The first-order valence-corrected chi connectivity index (χ1v) is 6.80. The molecular formula is C8H15ClO4S. The molecule has 1 heterocycles. The molecule has 1 rings (SSSR count). The van der Waals surface area contributed by atoms with Gasteiger partial charge in [-0.1, -0.05) is 0 Å². The molecule has 1 atom stereocenters. The van der Waals surface area contributed by atoms with Crippen LogP contribution in [0.5, 0.6) is 0 Å². The summed E-state index contributed by atoms with van der Waals surface area (Å²) in [6.07, 6.45) is 0. The first-order chi connectivity index (χ1) is 6.12. The van der Waals surface area contributed by atoms with Crippen LogP contribution in [-0.4, -0.2) is 38.6 Å². The van der Waals surface area contributed by atoms with Crippen molar-refractivity contribution in [1.82, 2.24) is 0 Å². The van der Waals surface area contributed by atoms with Crippen LogP contribution in [0, 0.1) is 0 Å². The van der Waals surface area contributed by atoms with E-state index in [2.05, 4.69) is 0 Å². The van der Waals surface area contributed by atoms with E-state index < -0.39 is 20.3 Å². The molecule has 0 bridgehead atoms. The Morgan fingerprint density at radius 2 is 1.86 bits per heavy atom. The number of halogens is 1. The fourth-order valence-corrected chi connectivity index (χ4v) is 3.24. The summed E-state index contributed by atoms with van der Waals surface area (Å²) in [6, 6.07) is 0. The topological polar surface area (TPSA) is 52.6 Å². The molecule has 0 aromatic rings. The number of rotatable bonds is 2. The van der Waals surface area contributed by atoms with Crippen molar-refractivity contribution in [2.75, 3.05) is 19.0 Å². The SMILES string of the molecule is CC1(C)COCC(C)(CS(=O)(=O)Cl)O1. The molecule has 4 nitrogen and oxygen atoms in total. The molecule has 6 heteroatoms. The van der Waals surface area contributed by atoms with E-state index in [0.29, 0.717) is 6.61 Å². The van der Waals surface area contributed by atoms with Crippen molar-refractivity contribution < 1.29 is 17.9 Å². The van der Waals surface area contributed by atoms with Gasteiger partial charge in [-0.3, -0.25) is 0 Å². The van der Waals surface area contributed by atoms with E-state index >= 15 is 0 Å². The van der Waals surface area contributed by atoms with Crippen LogP contribution in [0.3, 0.4) is 0 Å². The number of ether oxygens (including phenoxy) is 2. The zero-order chi connectivity index (χ0) is 11.0. The highest BCUT2D eigenvalue weighted by Gasteiger charge is 2.41. The highest BCUT2D eigenvalue weighted by Crippen LogP contribution is 2.28. The van der Waals surface area contributed by atoms with Crippen LogP contribution in [-0.2, 0) is 18.5 Å². The molecule has 0 aliphatic carbocycles. The van der Waals surface area contributed by atoms with E-state index in [9.17, 15) is 8.42 Å². The van der Waals surface area contributed by atoms with Gasteiger partial charge >= 0.3 is 0 Å². The lowest BCUT2D eigenvalue weighted by atomic mass is 10.0. The van der Waals surface area contributed by atoms with Gasteiger partial charge in [0.25, 0.3) is 0 Å². The van der Waals surface area contributed by atoms with Crippen LogP contribution < -0.4 is 0 Å². The molecule has 1 unspecified atom stereocenters. The Labute approximate surface area is 88.9 Å². The molecule has 14 heavy (non-hydrogen) atoms. The minimum Gasteiger partial charge on any atom is -0.375 e. The van der Waals surface area contributed by atoms with Gasteiger partial charge in [-0.15, -0.1) is 0 Å². The third-order valence-electron chi connectivity index (χ3n) is 1.86. The Balaban J connectivity index is 2.75. The Hall–Kier alpha value is 0.160. The largest absolute Gasteiger partial charge is 0.375 e. The summed E-state index contributed by atoms with van der Waals surface area (Å²) in [4.78, 5) is 0. The lowest BCUT2D eigenvalue weighted by Crippen LogP contribution is -2.53. The first kappa shape index (κ1) is 12.2. The third kappa shape index (κ3) is 3.73. The van der Waals surface area contributed by atoms with E-state index in [4.69, 9.17) is 20.2 Å². The minimum absolute atomic E-state index is 0.231. The van der Waals surface area contributed by atoms with Gasteiger partial charge in [0, 0.05) is 10.7 Å². The van der Waals surface area contributed by atoms with E-state index in [0.717, 1.165) is 0 Å². The van der Waals surface area contributed by atoms with Crippen molar-refractivity contribution in [3.05, 3.63) is 0 Å². The lowest BCUT2D eigenvalue weighted by Gasteiger charge is -2.42. The van der Waals surface area contributed by atoms with Crippen LogP contribution in [0.15, 0.2) is 0 Å². The van der Waals surface area contributed by atoms with Crippen LogP contribution >= 0.6 is 10.7 Å². The van der Waals surface area contributed by atoms with Crippen LogP contribution in [0.4, 0.5) is 0 Å². The number of hydrogen-bond acceptors (Lipinski definition) is 4. The second-order valence-electron chi connectivity index (χ2n) is 4.49. The van der Waals surface area contributed by atoms with E-state index in [-0.39, 0.29) is 12.4 Å². The maximum atomic E-state index is 10.9. The van der Waals surface area contributed by atoms with Crippen molar-refractivity contribution in [3.8, 4) is 0 Å². The molecule has 84 valence electrons. The Kier molecular flexibility index (Phi) is 3.17. The van der Waals surface area contributed by atoms with Crippen molar-refractivity contribution in [2.24, 2.45) is 0 Å². The molecule has 0 saturated carbocycles. The van der Waals surface area contributed by atoms with Gasteiger partial charge in [0.1, 0.15) is 5.60 Å². The Bertz CT molecular complexity index is 311. The van der Waals surface area contributed by atoms with E-state index in [1.165, 1.54) is 0 Å². The lowest BCUT2D eigenvalue weighted by molar-refractivity contribution is -0.220. The maximum absolute atomic E-state index is 10.9. The quantitative estimate of drug-likeness (QED) is 0.682. The van der Waals surface area contributed by atoms with Crippen molar-refractivity contribution >= 4 is 19.7 Å². The van der Waals surface area contributed by atoms with Gasteiger partial charge in [-0.25, -0.2) is 8.42 Å². The van der Waals surface area contributed by atoms with Crippen LogP contribution in [0.25, 0.3) is 0 Å². The van der Waals surface area contributed by atoms with Crippen molar-refractivity contribution in [3.63, 3.8) is 0 Å². The van der Waals surface area contributed by atoms with Crippen molar-refractivity contribution in [2.45, 2.75) is 32.0 Å². The second kappa shape index (κ2) is 3.63. The highest BCUT2D eigenvalue weighted by atomic mass is 35.7. The molecule has 0 aromatic heterocycles. The van der Waals surface area contributed by atoms with Gasteiger partial charge in [-0.05, 0) is 20.8 Å². The fraction of sp³-hybridized carbons (Fsp3) is 1.00. The normalized spacial score (nSPS) is 32.9. The van der Waals surface area contributed by atoms with Gasteiger partial charge in [0.05, 0.1) is 24.6 Å². The Morgan fingerprint density at radius 3 is 2.29 bits per heavy atom. The molecule has 0 aromatic carbocycles. The molecule has 0 radical (unpaired) electrons. The molecule has 0 amide bonds. The molecule has 1 aliphatic heterocycles. The zero-order valence-corrected chi connectivity index (χ0v) is 10.1. The summed E-state index contributed by atoms with van der Waals surface area (Å²) in [5, 5.41) is 0. The third-order valence-corrected chi connectivity index (χ3v) is 3.14. The molecule has 1 aliphatic rings. The van der Waals surface area contributed by atoms with Gasteiger partial charge < -0.3 is 9.47 Å². The van der Waals surface area contributed by atoms with Crippen LogP contribution in [0.2, 0.25) is 0 Å². The average molecular weight is 243 g/mol. The summed E-state index contributed by atoms with van der Waals surface area (Å²) in [5.74, 6) is -0.231. The first-order valence-electron chi connectivity index (χ1n) is 4.32. The summed E-state index contributed by atoms with van der Waals surface area (Å²) >= 11 is 0. The van der Waals surface area contributed by atoms with Gasteiger partial charge in [0.2, 0.25) is 9.05 Å². The van der Waals surface area contributed by atoms with Crippen molar-refractivity contribution in [1.29, 1.82) is 0 Å². The minimum atomic E-state index is -3.57. The Morgan fingerprint density at radius 1 is 1.29 bits per heavy atom. The fourth-order valence-electron chi connectivity index (χ4n) is 1.67.